The average Bonchev–Trinajstić information content (AvgIpc) is 3.25. The van der Waals surface area contributed by atoms with Crippen molar-refractivity contribution in [2.75, 3.05) is 70.4 Å². The summed E-state index contributed by atoms with van der Waals surface area (Å²) in [6, 6.07) is 7.79. The standard InChI is InChI=1S/C24H32ClN7O2/c1-2-27-24(33)30-11-9-29(10-12-30)16-20-17-31(13-14-34-20)23-21-7-8-26-15-22(21)32(28-23)19-5-3-18(25)4-6-19/h3-6,15,20H,2,7-14,16-17H2,1H3,(H,27,33). The number of hydrogen-bond donors (Lipinski definition) is 1. The van der Waals surface area contributed by atoms with Crippen molar-refractivity contribution in [3.8, 4) is 5.69 Å². The number of benzene rings is 1. The third-order valence-electron chi connectivity index (χ3n) is 6.67. The number of carbonyl (C=O) groups is 1. The van der Waals surface area contributed by atoms with E-state index in [-0.39, 0.29) is 12.1 Å². The molecule has 1 unspecified atom stereocenters. The van der Waals surface area contributed by atoms with Crippen LogP contribution in [-0.2, 0) is 11.2 Å². The van der Waals surface area contributed by atoms with Crippen LogP contribution in [0.2, 0.25) is 5.02 Å². The van der Waals surface area contributed by atoms with E-state index in [9.17, 15) is 4.79 Å². The smallest absolute Gasteiger partial charge is 0.317 e. The molecular weight excluding hydrogens is 454 g/mol. The topological polar surface area (TPSA) is 78.2 Å². The number of fused-ring (bicyclic) bond motifs is 1. The summed E-state index contributed by atoms with van der Waals surface area (Å²) in [5.74, 6) is 1.03. The fourth-order valence-electron chi connectivity index (χ4n) is 4.89. The number of rotatable bonds is 5. The predicted octanol–water partition coefficient (Wildman–Crippen LogP) is 2.05. The summed E-state index contributed by atoms with van der Waals surface area (Å²) >= 11 is 6.10. The second kappa shape index (κ2) is 10.3. The maximum atomic E-state index is 12.1. The number of anilines is 1. The molecule has 0 saturated carbocycles. The van der Waals surface area contributed by atoms with Gasteiger partial charge in [0, 0.05) is 75.7 Å². The number of morpholine rings is 1. The first-order chi connectivity index (χ1) is 16.6. The molecule has 1 atom stereocenters. The minimum absolute atomic E-state index is 0.0341. The van der Waals surface area contributed by atoms with Crippen LogP contribution in [0.3, 0.4) is 0 Å². The van der Waals surface area contributed by atoms with Crippen LogP contribution in [0, 0.1) is 0 Å². The Morgan fingerprint density at radius 1 is 1.18 bits per heavy atom. The quantitative estimate of drug-likeness (QED) is 0.701. The largest absolute Gasteiger partial charge is 0.373 e. The summed E-state index contributed by atoms with van der Waals surface area (Å²) in [5.41, 5.74) is 3.28. The number of aromatic nitrogens is 2. The number of halogens is 1. The molecule has 1 aromatic carbocycles. The molecule has 0 aliphatic carbocycles. The van der Waals surface area contributed by atoms with Gasteiger partial charge in [0.1, 0.15) is 0 Å². The van der Waals surface area contributed by atoms with Gasteiger partial charge in [0.15, 0.2) is 5.82 Å². The molecule has 9 nitrogen and oxygen atoms in total. The SMILES string of the molecule is CCNC(=O)N1CCN(CC2CN(c3nn(-c4ccc(Cl)cc4)c4c3CCN=C4)CCO2)CC1. The summed E-state index contributed by atoms with van der Waals surface area (Å²) in [5, 5.41) is 8.63. The Bertz CT molecular complexity index is 1030. The van der Waals surface area contributed by atoms with Gasteiger partial charge in [-0.3, -0.25) is 9.89 Å². The highest BCUT2D eigenvalue weighted by atomic mass is 35.5. The van der Waals surface area contributed by atoms with Crippen molar-refractivity contribution in [3.63, 3.8) is 0 Å². The number of carbonyl (C=O) groups excluding carboxylic acids is 1. The Kier molecular flexibility index (Phi) is 7.03. The Morgan fingerprint density at radius 2 is 1.97 bits per heavy atom. The molecule has 10 heteroatoms. The number of amides is 2. The molecule has 3 aliphatic heterocycles. The molecule has 4 heterocycles. The summed E-state index contributed by atoms with van der Waals surface area (Å²) in [4.78, 5) is 23.2. The first-order valence-electron chi connectivity index (χ1n) is 12.1. The fourth-order valence-corrected chi connectivity index (χ4v) is 5.02. The highest BCUT2D eigenvalue weighted by Crippen LogP contribution is 2.29. The van der Waals surface area contributed by atoms with Crippen LogP contribution >= 0.6 is 11.6 Å². The molecule has 1 N–H and O–H groups in total. The lowest BCUT2D eigenvalue weighted by Crippen LogP contribution is -2.55. The number of nitrogens with zero attached hydrogens (tertiary/aromatic N) is 6. The molecule has 2 amide bonds. The molecule has 182 valence electrons. The number of aliphatic imine (C=N–C) groups is 1. The van der Waals surface area contributed by atoms with Gasteiger partial charge in [0.05, 0.1) is 24.1 Å². The van der Waals surface area contributed by atoms with Crippen molar-refractivity contribution in [1.29, 1.82) is 0 Å². The summed E-state index contributed by atoms with van der Waals surface area (Å²) < 4.78 is 8.12. The molecule has 2 saturated heterocycles. The monoisotopic (exact) mass is 485 g/mol. The van der Waals surface area contributed by atoms with Gasteiger partial charge in [-0.2, -0.15) is 0 Å². The molecule has 1 aromatic heterocycles. The van der Waals surface area contributed by atoms with Crippen LogP contribution < -0.4 is 10.2 Å². The lowest BCUT2D eigenvalue weighted by Gasteiger charge is -2.39. The second-order valence-corrected chi connectivity index (χ2v) is 9.36. The third kappa shape index (κ3) is 4.92. The Morgan fingerprint density at radius 3 is 2.74 bits per heavy atom. The average molecular weight is 486 g/mol. The lowest BCUT2D eigenvalue weighted by atomic mass is 10.1. The van der Waals surface area contributed by atoms with E-state index in [2.05, 4.69) is 20.1 Å². The van der Waals surface area contributed by atoms with E-state index in [1.54, 1.807) is 0 Å². The normalized spacial score (nSPS) is 20.9. The Labute approximate surface area is 205 Å². The number of nitrogens with one attached hydrogen (secondary N) is 1. The van der Waals surface area contributed by atoms with Crippen molar-refractivity contribution >= 4 is 29.7 Å². The Hall–Kier alpha value is -2.62. The number of ether oxygens (including phenoxy) is 1. The van der Waals surface area contributed by atoms with E-state index >= 15 is 0 Å². The first kappa shape index (κ1) is 23.1. The summed E-state index contributed by atoms with van der Waals surface area (Å²) in [6.45, 7) is 9.80. The van der Waals surface area contributed by atoms with E-state index in [0.29, 0.717) is 18.2 Å². The van der Waals surface area contributed by atoms with E-state index in [4.69, 9.17) is 21.4 Å². The zero-order valence-electron chi connectivity index (χ0n) is 19.6. The van der Waals surface area contributed by atoms with Crippen LogP contribution in [-0.4, -0.2) is 103 Å². The van der Waals surface area contributed by atoms with Gasteiger partial charge in [-0.15, -0.1) is 5.10 Å². The minimum atomic E-state index is 0.0341. The molecule has 0 bridgehead atoms. The Balaban J connectivity index is 1.27. The van der Waals surface area contributed by atoms with Gasteiger partial charge >= 0.3 is 6.03 Å². The number of piperazine rings is 1. The zero-order valence-corrected chi connectivity index (χ0v) is 20.4. The molecule has 5 rings (SSSR count). The molecule has 3 aliphatic rings. The lowest BCUT2D eigenvalue weighted by molar-refractivity contribution is 0.00752. The van der Waals surface area contributed by atoms with Crippen LogP contribution in [0.15, 0.2) is 29.3 Å². The van der Waals surface area contributed by atoms with Crippen LogP contribution in [0.1, 0.15) is 18.2 Å². The molecule has 34 heavy (non-hydrogen) atoms. The number of hydrogen-bond acceptors (Lipinski definition) is 6. The second-order valence-electron chi connectivity index (χ2n) is 8.92. The van der Waals surface area contributed by atoms with Gasteiger partial charge < -0.3 is 19.9 Å². The van der Waals surface area contributed by atoms with Crippen molar-refractivity contribution in [1.82, 2.24) is 24.9 Å². The highest BCUT2D eigenvalue weighted by molar-refractivity contribution is 6.30. The van der Waals surface area contributed by atoms with E-state index in [1.807, 2.05) is 47.0 Å². The van der Waals surface area contributed by atoms with Gasteiger partial charge in [-0.05, 0) is 37.6 Å². The summed E-state index contributed by atoms with van der Waals surface area (Å²) in [6.07, 6.45) is 2.94. The van der Waals surface area contributed by atoms with Gasteiger partial charge in [-0.25, -0.2) is 9.48 Å². The minimum Gasteiger partial charge on any atom is -0.373 e. The highest BCUT2D eigenvalue weighted by Gasteiger charge is 2.30. The number of urea groups is 1. The van der Waals surface area contributed by atoms with Crippen LogP contribution in [0.5, 0.6) is 0 Å². The van der Waals surface area contributed by atoms with E-state index in [0.717, 1.165) is 76.0 Å². The van der Waals surface area contributed by atoms with Gasteiger partial charge in [0.25, 0.3) is 0 Å². The zero-order chi connectivity index (χ0) is 23.5. The van der Waals surface area contributed by atoms with Gasteiger partial charge in [-0.1, -0.05) is 11.6 Å². The van der Waals surface area contributed by atoms with Crippen molar-refractivity contribution in [2.45, 2.75) is 19.4 Å². The maximum Gasteiger partial charge on any atom is 0.317 e. The van der Waals surface area contributed by atoms with Crippen molar-refractivity contribution < 1.29 is 9.53 Å². The van der Waals surface area contributed by atoms with Crippen molar-refractivity contribution in [3.05, 3.63) is 40.5 Å². The first-order valence-corrected chi connectivity index (χ1v) is 12.5. The molecule has 2 aromatic rings. The third-order valence-corrected chi connectivity index (χ3v) is 6.92. The van der Waals surface area contributed by atoms with E-state index < -0.39 is 0 Å². The maximum absolute atomic E-state index is 12.1. The van der Waals surface area contributed by atoms with E-state index in [1.165, 1.54) is 5.56 Å². The molecule has 2 fully saturated rings. The van der Waals surface area contributed by atoms with Gasteiger partial charge in [0.2, 0.25) is 0 Å². The molecule has 0 radical (unpaired) electrons. The van der Waals surface area contributed by atoms with Crippen molar-refractivity contribution in [2.24, 2.45) is 4.99 Å². The van der Waals surface area contributed by atoms with Crippen LogP contribution in [0.25, 0.3) is 5.69 Å². The van der Waals surface area contributed by atoms with Crippen LogP contribution in [0.4, 0.5) is 10.6 Å². The summed E-state index contributed by atoms with van der Waals surface area (Å²) in [7, 11) is 0. The predicted molar refractivity (Wildman–Crippen MR) is 134 cm³/mol. The molecule has 0 spiro atoms. The fraction of sp³-hybridized carbons (Fsp3) is 0.542. The molecular formula is C24H32ClN7O2.